The Labute approximate surface area is 276 Å². The second kappa shape index (κ2) is 10.5. The summed E-state index contributed by atoms with van der Waals surface area (Å²) in [6.45, 7) is 0. The highest BCUT2D eigenvalue weighted by Gasteiger charge is 2.18. The van der Waals surface area contributed by atoms with Gasteiger partial charge in [-0.25, -0.2) is 9.67 Å². The van der Waals surface area contributed by atoms with Crippen LogP contribution in [0.3, 0.4) is 0 Å². The van der Waals surface area contributed by atoms with Crippen LogP contribution in [0, 0.1) is 0 Å². The lowest BCUT2D eigenvalue weighted by molar-refractivity contribution is 0.890. The highest BCUT2D eigenvalue weighted by molar-refractivity contribution is 6.28. The van der Waals surface area contributed by atoms with Crippen molar-refractivity contribution in [3.63, 3.8) is 0 Å². The van der Waals surface area contributed by atoms with Crippen LogP contribution in [0.4, 0.5) is 0 Å². The van der Waals surface area contributed by atoms with Gasteiger partial charge >= 0.3 is 0 Å². The van der Waals surface area contributed by atoms with Crippen molar-refractivity contribution in [1.82, 2.24) is 19.3 Å². The summed E-state index contributed by atoms with van der Waals surface area (Å²) in [6, 6.07) is 60.2. The summed E-state index contributed by atoms with van der Waals surface area (Å²) in [6.07, 6.45) is 0. The molecule has 2 heterocycles. The van der Waals surface area contributed by atoms with E-state index in [2.05, 4.69) is 138 Å². The van der Waals surface area contributed by atoms with Crippen molar-refractivity contribution in [2.75, 3.05) is 0 Å². The summed E-state index contributed by atoms with van der Waals surface area (Å²) in [4.78, 5) is 5.05. The first kappa shape index (κ1) is 26.7. The minimum absolute atomic E-state index is 0.701. The van der Waals surface area contributed by atoms with E-state index in [9.17, 15) is 0 Å². The highest BCUT2D eigenvalue weighted by Crippen LogP contribution is 2.41. The van der Waals surface area contributed by atoms with Gasteiger partial charge in [-0.1, -0.05) is 115 Å². The lowest BCUT2D eigenvalue weighted by Crippen LogP contribution is -2.00. The van der Waals surface area contributed by atoms with Gasteiger partial charge in [0.15, 0.2) is 11.6 Å². The van der Waals surface area contributed by atoms with Gasteiger partial charge in [-0.15, -0.1) is 5.10 Å². The molecular formula is C44H28N4. The molecule has 10 rings (SSSR count). The van der Waals surface area contributed by atoms with Gasteiger partial charge < -0.3 is 4.57 Å². The van der Waals surface area contributed by atoms with Crippen LogP contribution in [0.15, 0.2) is 170 Å². The number of fused-ring (bicyclic) bond motifs is 9. The van der Waals surface area contributed by atoms with Crippen LogP contribution in [0.25, 0.3) is 88.3 Å². The minimum Gasteiger partial charge on any atom is -0.309 e. The van der Waals surface area contributed by atoms with Crippen LogP contribution < -0.4 is 0 Å². The number of aromatic nitrogens is 4. The van der Waals surface area contributed by atoms with E-state index in [0.29, 0.717) is 5.82 Å². The third-order valence-corrected chi connectivity index (χ3v) is 9.56. The van der Waals surface area contributed by atoms with Gasteiger partial charge in [-0.2, -0.15) is 0 Å². The number of para-hydroxylation sites is 2. The van der Waals surface area contributed by atoms with E-state index in [-0.39, 0.29) is 0 Å². The van der Waals surface area contributed by atoms with Crippen molar-refractivity contribution in [3.8, 4) is 34.2 Å². The van der Waals surface area contributed by atoms with Crippen LogP contribution >= 0.6 is 0 Å². The molecule has 0 aliphatic rings. The summed E-state index contributed by atoms with van der Waals surface area (Å²) in [5.41, 5.74) is 6.44. The van der Waals surface area contributed by atoms with Crippen molar-refractivity contribution in [2.45, 2.75) is 0 Å². The molecule has 0 saturated heterocycles. The van der Waals surface area contributed by atoms with Gasteiger partial charge in [0, 0.05) is 27.6 Å². The molecule has 10 aromatic rings. The van der Waals surface area contributed by atoms with Crippen LogP contribution in [-0.4, -0.2) is 19.3 Å². The smallest absolute Gasteiger partial charge is 0.182 e. The Morgan fingerprint density at radius 1 is 0.354 bits per heavy atom. The average Bonchev–Trinajstić information content (AvgIpc) is 3.75. The number of rotatable bonds is 4. The predicted octanol–water partition coefficient (Wildman–Crippen LogP) is 11.2. The van der Waals surface area contributed by atoms with Crippen molar-refractivity contribution in [2.24, 2.45) is 0 Å². The Bertz CT molecular complexity index is 2810. The summed E-state index contributed by atoms with van der Waals surface area (Å²) >= 11 is 0. The third kappa shape index (κ3) is 4.03. The fraction of sp³-hybridized carbons (Fsp3) is 0. The Kier molecular flexibility index (Phi) is 5.84. The van der Waals surface area contributed by atoms with Gasteiger partial charge in [-0.3, -0.25) is 0 Å². The van der Waals surface area contributed by atoms with Crippen LogP contribution in [0.2, 0.25) is 0 Å². The average molecular weight is 613 g/mol. The van der Waals surface area contributed by atoms with E-state index in [0.717, 1.165) is 28.3 Å². The van der Waals surface area contributed by atoms with Crippen LogP contribution in [0.1, 0.15) is 0 Å². The van der Waals surface area contributed by atoms with E-state index < -0.39 is 0 Å². The number of nitrogens with zero attached hydrogens (tertiary/aromatic N) is 4. The highest BCUT2D eigenvalue weighted by atomic mass is 15.4. The lowest BCUT2D eigenvalue weighted by Gasteiger charge is -2.13. The second-order valence-electron chi connectivity index (χ2n) is 12.3. The van der Waals surface area contributed by atoms with Crippen molar-refractivity contribution in [1.29, 1.82) is 0 Å². The topological polar surface area (TPSA) is 35.6 Å². The van der Waals surface area contributed by atoms with E-state index >= 15 is 0 Å². The fourth-order valence-corrected chi connectivity index (χ4v) is 7.36. The largest absolute Gasteiger partial charge is 0.309 e. The van der Waals surface area contributed by atoms with Gasteiger partial charge in [0.2, 0.25) is 0 Å². The first-order chi connectivity index (χ1) is 23.8. The zero-order valence-corrected chi connectivity index (χ0v) is 26.0. The maximum absolute atomic E-state index is 5.05. The molecule has 0 atom stereocenters. The molecule has 0 unspecified atom stereocenters. The fourth-order valence-electron chi connectivity index (χ4n) is 7.36. The first-order valence-electron chi connectivity index (χ1n) is 16.3. The van der Waals surface area contributed by atoms with Crippen molar-refractivity contribution < 1.29 is 0 Å². The SMILES string of the molecule is c1ccc(-c2nc(-c3ccc(-n4c5ccccc5c5cc6c7ccccc7c7ccccc7c6cc54)cc3)n(-c3ccccc3)n2)cc1. The van der Waals surface area contributed by atoms with E-state index in [1.54, 1.807) is 0 Å². The molecule has 4 heteroatoms. The molecule has 48 heavy (non-hydrogen) atoms. The van der Waals surface area contributed by atoms with Crippen LogP contribution in [0.5, 0.6) is 0 Å². The molecule has 224 valence electrons. The van der Waals surface area contributed by atoms with Gasteiger partial charge in [0.05, 0.1) is 16.7 Å². The summed E-state index contributed by atoms with van der Waals surface area (Å²) in [5, 5.41) is 15.1. The molecule has 0 spiro atoms. The number of hydrogen-bond donors (Lipinski definition) is 0. The van der Waals surface area contributed by atoms with Crippen molar-refractivity contribution in [3.05, 3.63) is 170 Å². The predicted molar refractivity (Wildman–Crippen MR) is 199 cm³/mol. The van der Waals surface area contributed by atoms with Gasteiger partial charge in [0.25, 0.3) is 0 Å². The molecule has 2 aromatic heterocycles. The molecule has 0 aliphatic carbocycles. The summed E-state index contributed by atoms with van der Waals surface area (Å²) < 4.78 is 4.34. The molecule has 0 fully saturated rings. The monoisotopic (exact) mass is 612 g/mol. The quantitative estimate of drug-likeness (QED) is 0.185. The molecule has 0 aliphatic heterocycles. The summed E-state index contributed by atoms with van der Waals surface area (Å²) in [7, 11) is 0. The van der Waals surface area contributed by atoms with Gasteiger partial charge in [0.1, 0.15) is 0 Å². The molecule has 0 saturated carbocycles. The number of benzene rings is 8. The molecule has 0 radical (unpaired) electrons. The van der Waals surface area contributed by atoms with Gasteiger partial charge in [-0.05, 0) is 86.9 Å². The lowest BCUT2D eigenvalue weighted by atomic mass is 9.93. The Balaban J connectivity index is 1.19. The first-order valence-corrected chi connectivity index (χ1v) is 16.3. The standard InChI is InChI=1S/C44H28N4/c1-3-13-29(14-4-1)43-45-44(48(46-43)32-15-5-2-6-16-32)30-23-25-31(26-24-30)47-41-22-12-11-21-37(41)40-27-38-35-19-9-7-17-33(35)34-18-8-10-20-36(34)39(38)28-42(40)47/h1-28H. The van der Waals surface area contributed by atoms with Crippen LogP contribution in [-0.2, 0) is 0 Å². The molecule has 0 amide bonds. The Hall–Kier alpha value is -6.52. The number of hydrogen-bond acceptors (Lipinski definition) is 2. The zero-order valence-electron chi connectivity index (χ0n) is 26.0. The maximum Gasteiger partial charge on any atom is 0.182 e. The van der Waals surface area contributed by atoms with E-state index in [1.807, 2.05) is 41.1 Å². The molecule has 4 nitrogen and oxygen atoms in total. The Morgan fingerprint density at radius 3 is 1.56 bits per heavy atom. The normalized spacial score (nSPS) is 11.8. The molecule has 0 N–H and O–H groups in total. The van der Waals surface area contributed by atoms with Crippen molar-refractivity contribution >= 4 is 54.1 Å². The Morgan fingerprint density at radius 2 is 0.896 bits per heavy atom. The minimum atomic E-state index is 0.701. The zero-order chi connectivity index (χ0) is 31.6. The summed E-state index contributed by atoms with van der Waals surface area (Å²) in [5.74, 6) is 1.51. The van der Waals surface area contributed by atoms with E-state index in [4.69, 9.17) is 10.1 Å². The van der Waals surface area contributed by atoms with E-state index in [1.165, 1.54) is 54.1 Å². The molecular weight excluding hydrogens is 585 g/mol. The molecule has 0 bridgehead atoms. The maximum atomic E-state index is 5.05. The third-order valence-electron chi connectivity index (χ3n) is 9.56. The second-order valence-corrected chi connectivity index (χ2v) is 12.3. The molecule has 8 aromatic carbocycles.